The maximum Gasteiger partial charge on any atom is 0.237 e. The number of fused-ring (bicyclic) bond motifs is 1. The first-order chi connectivity index (χ1) is 11.2. The van der Waals surface area contributed by atoms with Crippen LogP contribution in [0.1, 0.15) is 37.7 Å². The number of amides is 1. The fraction of sp³-hybridized carbons (Fsp3) is 0.611. The zero-order chi connectivity index (χ0) is 16.2. The third-order valence-electron chi connectivity index (χ3n) is 5.12. The van der Waals surface area contributed by atoms with E-state index < -0.39 is 0 Å². The minimum atomic E-state index is -0.0558. The normalized spacial score (nSPS) is 25.3. The first kappa shape index (κ1) is 18.9. The van der Waals surface area contributed by atoms with Gasteiger partial charge in [0.05, 0.1) is 20.3 Å². The molecule has 1 heterocycles. The van der Waals surface area contributed by atoms with E-state index in [2.05, 4.69) is 10.6 Å². The molecule has 1 aromatic rings. The average molecular weight is 355 g/mol. The number of carbonyl (C=O) groups excluding carboxylic acids is 1. The Morgan fingerprint density at radius 3 is 2.75 bits per heavy atom. The Bertz CT molecular complexity index is 553. The molecular formula is C18H27ClN2O3. The molecule has 2 fully saturated rings. The van der Waals surface area contributed by atoms with Gasteiger partial charge in [-0.15, -0.1) is 12.4 Å². The van der Waals surface area contributed by atoms with Gasteiger partial charge in [0.1, 0.15) is 11.5 Å². The van der Waals surface area contributed by atoms with Gasteiger partial charge < -0.3 is 20.1 Å². The van der Waals surface area contributed by atoms with Gasteiger partial charge in [-0.3, -0.25) is 4.79 Å². The van der Waals surface area contributed by atoms with Crippen molar-refractivity contribution in [1.82, 2.24) is 10.6 Å². The molecule has 3 unspecified atom stereocenters. The van der Waals surface area contributed by atoms with E-state index in [1.165, 1.54) is 25.7 Å². The van der Waals surface area contributed by atoms with E-state index in [1.54, 1.807) is 14.2 Å². The highest BCUT2D eigenvalue weighted by Crippen LogP contribution is 2.33. The Hall–Kier alpha value is -1.46. The number of benzene rings is 1. The summed E-state index contributed by atoms with van der Waals surface area (Å²) in [5.74, 6) is 2.29. The number of hydrogen-bond donors (Lipinski definition) is 2. The number of halogens is 1. The van der Waals surface area contributed by atoms with Crippen molar-refractivity contribution >= 4 is 18.3 Å². The topological polar surface area (TPSA) is 59.6 Å². The lowest BCUT2D eigenvalue weighted by atomic mass is 9.85. The Kier molecular flexibility index (Phi) is 6.75. The third-order valence-corrected chi connectivity index (χ3v) is 5.12. The standard InChI is InChI=1S/C18H26N2O3.ClH/c1-22-14-7-8-17(23-2)13(9-14)11-19-18(21)16-10-12-5-3-4-6-15(12)20-16;/h7-9,12,15-16,20H,3-6,10-11H2,1-2H3,(H,19,21);1H. The molecule has 0 bridgehead atoms. The van der Waals surface area contributed by atoms with Gasteiger partial charge in [-0.25, -0.2) is 0 Å². The van der Waals surface area contributed by atoms with Gasteiger partial charge in [-0.2, -0.15) is 0 Å². The Morgan fingerprint density at radius 1 is 1.25 bits per heavy atom. The molecule has 1 aliphatic carbocycles. The van der Waals surface area contributed by atoms with Gasteiger partial charge in [-0.1, -0.05) is 12.8 Å². The molecule has 24 heavy (non-hydrogen) atoms. The van der Waals surface area contributed by atoms with Gasteiger partial charge >= 0.3 is 0 Å². The summed E-state index contributed by atoms with van der Waals surface area (Å²) in [5, 5.41) is 6.55. The molecule has 5 nitrogen and oxygen atoms in total. The van der Waals surface area contributed by atoms with Crippen LogP contribution >= 0.6 is 12.4 Å². The zero-order valence-corrected chi connectivity index (χ0v) is 15.2. The number of ether oxygens (including phenoxy) is 2. The number of nitrogens with one attached hydrogen (secondary N) is 2. The lowest BCUT2D eigenvalue weighted by Gasteiger charge is -2.24. The quantitative estimate of drug-likeness (QED) is 0.853. The monoisotopic (exact) mass is 354 g/mol. The van der Waals surface area contributed by atoms with Crippen LogP contribution in [0, 0.1) is 5.92 Å². The van der Waals surface area contributed by atoms with Crippen LogP contribution in [-0.4, -0.2) is 32.2 Å². The van der Waals surface area contributed by atoms with Crippen LogP contribution in [0.3, 0.4) is 0 Å². The van der Waals surface area contributed by atoms with Crippen molar-refractivity contribution in [2.75, 3.05) is 14.2 Å². The second-order valence-electron chi connectivity index (χ2n) is 6.50. The molecule has 3 atom stereocenters. The Balaban J connectivity index is 0.00000208. The molecular weight excluding hydrogens is 328 g/mol. The van der Waals surface area contributed by atoms with Gasteiger partial charge in [0.2, 0.25) is 5.91 Å². The summed E-state index contributed by atoms with van der Waals surface area (Å²) < 4.78 is 10.6. The van der Waals surface area contributed by atoms with Gasteiger partial charge in [0, 0.05) is 18.2 Å². The van der Waals surface area contributed by atoms with E-state index in [9.17, 15) is 4.79 Å². The molecule has 1 saturated heterocycles. The lowest BCUT2D eigenvalue weighted by Crippen LogP contribution is -2.42. The SMILES string of the molecule is COc1ccc(OC)c(CNC(=O)C2CC3CCCCC3N2)c1.Cl. The van der Waals surface area contributed by atoms with Gasteiger partial charge in [-0.05, 0) is 43.4 Å². The molecule has 6 heteroatoms. The van der Waals surface area contributed by atoms with E-state index in [0.29, 0.717) is 18.5 Å². The molecule has 1 saturated carbocycles. The van der Waals surface area contributed by atoms with Crippen molar-refractivity contribution in [3.8, 4) is 11.5 Å². The fourth-order valence-corrected chi connectivity index (χ4v) is 3.85. The molecule has 1 aliphatic heterocycles. The number of hydrogen-bond acceptors (Lipinski definition) is 4. The average Bonchev–Trinajstić information content (AvgIpc) is 3.03. The van der Waals surface area contributed by atoms with Crippen molar-refractivity contribution in [3.05, 3.63) is 23.8 Å². The van der Waals surface area contributed by atoms with Crippen LogP contribution in [0.25, 0.3) is 0 Å². The molecule has 1 amide bonds. The first-order valence-electron chi connectivity index (χ1n) is 8.46. The second kappa shape index (κ2) is 8.58. The lowest BCUT2D eigenvalue weighted by molar-refractivity contribution is -0.123. The van der Waals surface area contributed by atoms with E-state index in [0.717, 1.165) is 23.5 Å². The second-order valence-corrected chi connectivity index (χ2v) is 6.50. The number of methoxy groups -OCH3 is 2. The maximum absolute atomic E-state index is 12.5. The summed E-state index contributed by atoms with van der Waals surface area (Å²) in [7, 11) is 3.27. The van der Waals surface area contributed by atoms with Crippen molar-refractivity contribution in [2.45, 2.75) is 50.7 Å². The molecule has 0 aromatic heterocycles. The van der Waals surface area contributed by atoms with Crippen molar-refractivity contribution in [2.24, 2.45) is 5.92 Å². The third kappa shape index (κ3) is 4.14. The highest BCUT2D eigenvalue weighted by atomic mass is 35.5. The van der Waals surface area contributed by atoms with E-state index >= 15 is 0 Å². The van der Waals surface area contributed by atoms with Crippen LogP contribution in [0.15, 0.2) is 18.2 Å². The summed E-state index contributed by atoms with van der Waals surface area (Å²) in [6, 6.07) is 6.10. The van der Waals surface area contributed by atoms with Crippen LogP contribution in [-0.2, 0) is 11.3 Å². The van der Waals surface area contributed by atoms with Gasteiger partial charge in [0.15, 0.2) is 0 Å². The molecule has 1 aromatic carbocycles. The molecule has 2 N–H and O–H groups in total. The summed E-state index contributed by atoms with van der Waals surface area (Å²) in [6.45, 7) is 0.451. The van der Waals surface area contributed by atoms with E-state index in [4.69, 9.17) is 9.47 Å². The van der Waals surface area contributed by atoms with Crippen LogP contribution in [0.5, 0.6) is 11.5 Å². The summed E-state index contributed by atoms with van der Waals surface area (Å²) >= 11 is 0. The molecule has 0 radical (unpaired) electrons. The van der Waals surface area contributed by atoms with E-state index in [-0.39, 0.29) is 24.4 Å². The molecule has 0 spiro atoms. The summed E-state index contributed by atoms with van der Waals surface area (Å²) in [5.41, 5.74) is 0.926. The highest BCUT2D eigenvalue weighted by Gasteiger charge is 2.38. The Morgan fingerprint density at radius 2 is 2.04 bits per heavy atom. The number of carbonyl (C=O) groups is 1. The molecule has 3 rings (SSSR count). The first-order valence-corrected chi connectivity index (χ1v) is 8.46. The predicted molar refractivity (Wildman–Crippen MR) is 95.9 cm³/mol. The smallest absolute Gasteiger partial charge is 0.237 e. The highest BCUT2D eigenvalue weighted by molar-refractivity contribution is 5.85. The minimum Gasteiger partial charge on any atom is -0.497 e. The van der Waals surface area contributed by atoms with Crippen LogP contribution in [0.4, 0.5) is 0 Å². The van der Waals surface area contributed by atoms with Crippen molar-refractivity contribution in [1.29, 1.82) is 0 Å². The fourth-order valence-electron chi connectivity index (χ4n) is 3.85. The van der Waals surface area contributed by atoms with Crippen molar-refractivity contribution < 1.29 is 14.3 Å². The van der Waals surface area contributed by atoms with Crippen LogP contribution < -0.4 is 20.1 Å². The maximum atomic E-state index is 12.5. The largest absolute Gasteiger partial charge is 0.497 e. The van der Waals surface area contributed by atoms with Gasteiger partial charge in [0.25, 0.3) is 0 Å². The zero-order valence-electron chi connectivity index (χ0n) is 14.3. The van der Waals surface area contributed by atoms with Crippen molar-refractivity contribution in [3.63, 3.8) is 0 Å². The molecule has 2 aliphatic rings. The molecule has 134 valence electrons. The Labute approximate surface area is 149 Å². The summed E-state index contributed by atoms with van der Waals surface area (Å²) in [4.78, 5) is 12.5. The minimum absolute atomic E-state index is 0. The summed E-state index contributed by atoms with van der Waals surface area (Å²) in [6.07, 6.45) is 6.01. The number of rotatable bonds is 5. The van der Waals surface area contributed by atoms with Crippen LogP contribution in [0.2, 0.25) is 0 Å². The predicted octanol–water partition coefficient (Wildman–Crippen LogP) is 2.66. The van der Waals surface area contributed by atoms with E-state index in [1.807, 2.05) is 18.2 Å².